The molecule has 3 heterocycles. The molecule has 0 atom stereocenters. The van der Waals surface area contributed by atoms with Gasteiger partial charge in [0.2, 0.25) is 0 Å². The monoisotopic (exact) mass is 344 g/mol. The summed E-state index contributed by atoms with van der Waals surface area (Å²) >= 11 is 1.51. The molecule has 24 heavy (non-hydrogen) atoms. The van der Waals surface area contributed by atoms with Crippen molar-refractivity contribution < 1.29 is 14.3 Å². The number of hydrogen-bond donors (Lipinski definition) is 0. The molecule has 6 heteroatoms. The highest BCUT2D eigenvalue weighted by molar-refractivity contribution is 7.13. The zero-order valence-electron chi connectivity index (χ0n) is 13.7. The summed E-state index contributed by atoms with van der Waals surface area (Å²) in [5, 5.41) is 2.74. The number of nitrogens with zero attached hydrogens (tertiary/aromatic N) is 2. The van der Waals surface area contributed by atoms with E-state index in [1.165, 1.54) is 16.9 Å². The third-order valence-electron chi connectivity index (χ3n) is 4.65. The van der Waals surface area contributed by atoms with E-state index >= 15 is 0 Å². The van der Waals surface area contributed by atoms with Crippen molar-refractivity contribution in [2.75, 3.05) is 26.3 Å². The van der Waals surface area contributed by atoms with Crippen LogP contribution in [0.4, 0.5) is 0 Å². The highest BCUT2D eigenvalue weighted by atomic mass is 32.1. The molecule has 1 aromatic carbocycles. The zero-order valence-corrected chi connectivity index (χ0v) is 14.5. The Bertz CT molecular complexity index is 725. The molecule has 0 radical (unpaired) electrons. The van der Waals surface area contributed by atoms with Gasteiger partial charge in [-0.3, -0.25) is 4.79 Å². The van der Waals surface area contributed by atoms with Crippen molar-refractivity contribution in [3.63, 3.8) is 0 Å². The number of hydrogen-bond acceptors (Lipinski definition) is 5. The number of amides is 1. The minimum Gasteiger partial charge on any atom is -0.347 e. The minimum absolute atomic E-state index is 0.00235. The molecule has 5 nitrogen and oxygen atoms in total. The summed E-state index contributed by atoms with van der Waals surface area (Å²) in [6.07, 6.45) is 1.46. The second-order valence-corrected chi connectivity index (χ2v) is 7.16. The first-order chi connectivity index (χ1) is 11.7. The van der Waals surface area contributed by atoms with Crippen molar-refractivity contribution in [2.24, 2.45) is 0 Å². The topological polar surface area (TPSA) is 51.7 Å². The standard InChI is InChI=1S/C18H20N2O3S/c1-13-2-4-14(5-3-13)16-19-15(12-24-16)17(21)20-8-6-18(7-9-20)22-10-11-23-18/h2-5,12H,6-11H2,1H3. The van der Waals surface area contributed by atoms with Gasteiger partial charge in [0.25, 0.3) is 5.91 Å². The van der Waals surface area contributed by atoms with Gasteiger partial charge >= 0.3 is 0 Å². The average molecular weight is 344 g/mol. The van der Waals surface area contributed by atoms with Crippen LogP contribution in [0.2, 0.25) is 0 Å². The number of aryl methyl sites for hydroxylation is 1. The normalized spacial score (nSPS) is 19.8. The molecular formula is C18H20N2O3S. The van der Waals surface area contributed by atoms with E-state index in [0.717, 1.165) is 23.4 Å². The number of ether oxygens (including phenoxy) is 2. The Morgan fingerprint density at radius 3 is 2.50 bits per heavy atom. The van der Waals surface area contributed by atoms with Crippen LogP contribution in [-0.2, 0) is 9.47 Å². The summed E-state index contributed by atoms with van der Waals surface area (Å²) in [6, 6.07) is 8.21. The maximum Gasteiger partial charge on any atom is 0.273 e. The maximum atomic E-state index is 12.7. The molecule has 1 amide bonds. The van der Waals surface area contributed by atoms with E-state index in [-0.39, 0.29) is 5.91 Å². The average Bonchev–Trinajstić information content (AvgIpc) is 3.26. The number of carbonyl (C=O) groups is 1. The van der Waals surface area contributed by atoms with Gasteiger partial charge in [-0.15, -0.1) is 11.3 Å². The Labute approximate surface area is 145 Å². The molecule has 0 N–H and O–H groups in total. The van der Waals surface area contributed by atoms with Gasteiger partial charge in [-0.2, -0.15) is 0 Å². The van der Waals surface area contributed by atoms with Crippen molar-refractivity contribution in [3.05, 3.63) is 40.9 Å². The molecule has 4 rings (SSSR count). The van der Waals surface area contributed by atoms with Crippen LogP contribution >= 0.6 is 11.3 Å². The fourth-order valence-electron chi connectivity index (χ4n) is 3.20. The molecular weight excluding hydrogens is 324 g/mol. The predicted molar refractivity (Wildman–Crippen MR) is 92.1 cm³/mol. The van der Waals surface area contributed by atoms with Crippen LogP contribution in [0, 0.1) is 6.92 Å². The van der Waals surface area contributed by atoms with Crippen molar-refractivity contribution in [2.45, 2.75) is 25.6 Å². The van der Waals surface area contributed by atoms with Crippen molar-refractivity contribution >= 4 is 17.2 Å². The first kappa shape index (κ1) is 15.7. The Morgan fingerprint density at radius 1 is 1.17 bits per heavy atom. The summed E-state index contributed by atoms with van der Waals surface area (Å²) in [5.74, 6) is -0.455. The zero-order chi connectivity index (χ0) is 16.6. The predicted octanol–water partition coefficient (Wildman–Crippen LogP) is 3.10. The van der Waals surface area contributed by atoms with Crippen LogP contribution in [0.5, 0.6) is 0 Å². The van der Waals surface area contributed by atoms with E-state index in [0.29, 0.717) is 32.0 Å². The van der Waals surface area contributed by atoms with Crippen LogP contribution in [0.25, 0.3) is 10.6 Å². The van der Waals surface area contributed by atoms with Crippen LogP contribution in [0.1, 0.15) is 28.9 Å². The van der Waals surface area contributed by atoms with Gasteiger partial charge < -0.3 is 14.4 Å². The summed E-state index contributed by atoms with van der Waals surface area (Å²) in [7, 11) is 0. The van der Waals surface area contributed by atoms with Crippen LogP contribution in [0.3, 0.4) is 0 Å². The number of thiazole rings is 1. The highest BCUT2D eigenvalue weighted by Crippen LogP contribution is 2.32. The van der Waals surface area contributed by atoms with Gasteiger partial charge in [0.05, 0.1) is 13.2 Å². The molecule has 1 spiro atoms. The highest BCUT2D eigenvalue weighted by Gasteiger charge is 2.41. The Kier molecular flexibility index (Phi) is 4.12. The van der Waals surface area contributed by atoms with E-state index in [4.69, 9.17) is 9.47 Å². The van der Waals surface area contributed by atoms with Crippen LogP contribution < -0.4 is 0 Å². The van der Waals surface area contributed by atoms with E-state index in [1.54, 1.807) is 0 Å². The number of likely N-dealkylation sites (tertiary alicyclic amines) is 1. The molecule has 0 unspecified atom stereocenters. The first-order valence-corrected chi connectivity index (χ1v) is 9.13. The van der Waals surface area contributed by atoms with Crippen LogP contribution in [0.15, 0.2) is 29.6 Å². The Morgan fingerprint density at radius 2 is 1.83 bits per heavy atom. The maximum absolute atomic E-state index is 12.7. The van der Waals surface area contributed by atoms with E-state index < -0.39 is 5.79 Å². The number of piperidine rings is 1. The summed E-state index contributed by atoms with van der Waals surface area (Å²) < 4.78 is 11.4. The lowest BCUT2D eigenvalue weighted by Crippen LogP contribution is -2.47. The molecule has 126 valence electrons. The Balaban J connectivity index is 1.45. The fraction of sp³-hybridized carbons (Fsp3) is 0.444. The van der Waals surface area contributed by atoms with E-state index in [9.17, 15) is 4.79 Å². The summed E-state index contributed by atoms with van der Waals surface area (Å²) in [5.41, 5.74) is 2.79. The molecule has 2 aliphatic rings. The quantitative estimate of drug-likeness (QED) is 0.840. The fourth-order valence-corrected chi connectivity index (χ4v) is 4.00. The first-order valence-electron chi connectivity index (χ1n) is 8.25. The number of aromatic nitrogens is 1. The molecule has 0 bridgehead atoms. The second-order valence-electron chi connectivity index (χ2n) is 6.30. The van der Waals surface area contributed by atoms with E-state index in [2.05, 4.69) is 24.0 Å². The SMILES string of the molecule is Cc1ccc(-c2nc(C(=O)N3CCC4(CC3)OCCO4)cs2)cc1. The lowest BCUT2D eigenvalue weighted by Gasteiger charge is -2.37. The molecule has 2 saturated heterocycles. The van der Waals surface area contributed by atoms with Crippen molar-refractivity contribution in [1.82, 2.24) is 9.88 Å². The van der Waals surface area contributed by atoms with Gasteiger partial charge in [0.15, 0.2) is 5.79 Å². The van der Waals surface area contributed by atoms with Crippen LogP contribution in [-0.4, -0.2) is 47.9 Å². The van der Waals surface area contributed by atoms with Gasteiger partial charge in [-0.25, -0.2) is 4.98 Å². The third kappa shape index (κ3) is 2.97. The largest absolute Gasteiger partial charge is 0.347 e. The third-order valence-corrected chi connectivity index (χ3v) is 5.54. The molecule has 0 saturated carbocycles. The van der Waals surface area contributed by atoms with Crippen molar-refractivity contribution in [1.29, 1.82) is 0 Å². The lowest BCUT2D eigenvalue weighted by atomic mass is 10.0. The smallest absolute Gasteiger partial charge is 0.273 e. The van der Waals surface area contributed by atoms with Gasteiger partial charge in [-0.05, 0) is 6.92 Å². The van der Waals surface area contributed by atoms with Gasteiger partial charge in [0, 0.05) is 36.9 Å². The van der Waals surface area contributed by atoms with Gasteiger partial charge in [-0.1, -0.05) is 29.8 Å². The molecule has 2 aliphatic heterocycles. The van der Waals surface area contributed by atoms with Gasteiger partial charge in [0.1, 0.15) is 10.7 Å². The Hall–Kier alpha value is -1.76. The molecule has 2 aromatic rings. The number of rotatable bonds is 2. The van der Waals surface area contributed by atoms with E-state index in [1.807, 2.05) is 22.4 Å². The number of benzene rings is 1. The van der Waals surface area contributed by atoms with Crippen molar-refractivity contribution in [3.8, 4) is 10.6 Å². The number of carbonyl (C=O) groups excluding carboxylic acids is 1. The molecule has 0 aliphatic carbocycles. The lowest BCUT2D eigenvalue weighted by molar-refractivity contribution is -0.181. The minimum atomic E-state index is -0.452. The summed E-state index contributed by atoms with van der Waals surface area (Å²) in [6.45, 7) is 4.66. The molecule has 2 fully saturated rings. The molecule has 1 aromatic heterocycles. The second kappa shape index (κ2) is 6.27. The summed E-state index contributed by atoms with van der Waals surface area (Å²) in [4.78, 5) is 19.1.